The van der Waals surface area contributed by atoms with Crippen molar-refractivity contribution < 1.29 is 13.9 Å². The zero-order valence-corrected chi connectivity index (χ0v) is 19.7. The van der Waals surface area contributed by atoms with Crippen LogP contribution in [-0.4, -0.2) is 22.3 Å². The number of hydrogen-bond donors (Lipinski definition) is 1. The SMILES string of the molecule is Cc1nnc(-c2ccc(Oc3ccc(C(C)(C)c4ccc(OC5CC(N)C5)cc4)cc3)cc2)o1. The molecular weight excluding hydrogens is 426 g/mol. The average Bonchev–Trinajstić information content (AvgIpc) is 3.25. The maximum absolute atomic E-state index is 6.03. The van der Waals surface area contributed by atoms with Crippen molar-refractivity contribution in [3.8, 4) is 28.7 Å². The molecule has 3 aromatic carbocycles. The Balaban J connectivity index is 1.24. The lowest BCUT2D eigenvalue weighted by atomic mass is 9.78. The predicted octanol–water partition coefficient (Wildman–Crippen LogP) is 6.03. The van der Waals surface area contributed by atoms with Gasteiger partial charge in [0.15, 0.2) is 0 Å². The zero-order chi connectivity index (χ0) is 23.7. The van der Waals surface area contributed by atoms with Crippen molar-refractivity contribution in [3.63, 3.8) is 0 Å². The number of ether oxygens (including phenoxy) is 2. The standard InChI is InChI=1S/C28H29N3O3/c1-18-30-31-27(32-18)19-4-10-23(11-5-19)33-24-12-6-20(7-13-24)28(2,3)21-8-14-25(15-9-21)34-26-16-22(29)17-26/h4-15,22,26H,16-17,29H2,1-3H3. The summed E-state index contributed by atoms with van der Waals surface area (Å²) in [5, 5.41) is 7.91. The zero-order valence-electron chi connectivity index (χ0n) is 19.7. The molecule has 2 N–H and O–H groups in total. The van der Waals surface area contributed by atoms with Crippen molar-refractivity contribution in [2.24, 2.45) is 5.73 Å². The first-order valence-electron chi connectivity index (χ1n) is 11.6. The van der Waals surface area contributed by atoms with Gasteiger partial charge in [0.1, 0.15) is 23.4 Å². The van der Waals surface area contributed by atoms with Gasteiger partial charge in [-0.25, -0.2) is 0 Å². The topological polar surface area (TPSA) is 83.4 Å². The van der Waals surface area contributed by atoms with E-state index in [0.717, 1.165) is 35.7 Å². The quantitative estimate of drug-likeness (QED) is 0.366. The van der Waals surface area contributed by atoms with E-state index in [1.165, 1.54) is 11.1 Å². The van der Waals surface area contributed by atoms with Gasteiger partial charge in [-0.2, -0.15) is 0 Å². The second kappa shape index (κ2) is 8.95. The summed E-state index contributed by atoms with van der Waals surface area (Å²) in [7, 11) is 0. The fraction of sp³-hybridized carbons (Fsp3) is 0.286. The van der Waals surface area contributed by atoms with E-state index in [4.69, 9.17) is 19.6 Å². The highest BCUT2D eigenvalue weighted by Crippen LogP contribution is 2.35. The average molecular weight is 456 g/mol. The first-order chi connectivity index (χ1) is 16.4. The van der Waals surface area contributed by atoms with E-state index >= 15 is 0 Å². The maximum Gasteiger partial charge on any atom is 0.247 e. The molecule has 1 fully saturated rings. The number of aryl methyl sites for hydroxylation is 1. The summed E-state index contributed by atoms with van der Waals surface area (Å²) in [6.07, 6.45) is 2.12. The van der Waals surface area contributed by atoms with Gasteiger partial charge >= 0.3 is 0 Å². The summed E-state index contributed by atoms with van der Waals surface area (Å²) in [4.78, 5) is 0. The molecule has 0 atom stereocenters. The van der Waals surface area contributed by atoms with Gasteiger partial charge in [-0.15, -0.1) is 10.2 Å². The molecule has 0 amide bonds. The van der Waals surface area contributed by atoms with E-state index in [1.807, 2.05) is 36.4 Å². The first-order valence-corrected chi connectivity index (χ1v) is 11.6. The Morgan fingerprint density at radius 3 is 1.82 bits per heavy atom. The minimum Gasteiger partial charge on any atom is -0.490 e. The molecule has 6 nitrogen and oxygen atoms in total. The lowest BCUT2D eigenvalue weighted by Crippen LogP contribution is -2.43. The molecule has 1 aromatic heterocycles. The van der Waals surface area contributed by atoms with E-state index in [1.54, 1.807) is 6.92 Å². The summed E-state index contributed by atoms with van der Waals surface area (Å²) in [6.45, 7) is 6.22. The van der Waals surface area contributed by atoms with Gasteiger partial charge < -0.3 is 19.6 Å². The van der Waals surface area contributed by atoms with E-state index in [0.29, 0.717) is 11.8 Å². The van der Waals surface area contributed by atoms with Crippen molar-refractivity contribution >= 4 is 0 Å². The maximum atomic E-state index is 6.03. The third-order valence-corrected chi connectivity index (χ3v) is 6.45. The van der Waals surface area contributed by atoms with Gasteiger partial charge in [-0.1, -0.05) is 38.1 Å². The van der Waals surface area contributed by atoms with Crippen molar-refractivity contribution in [2.45, 2.75) is 51.2 Å². The number of nitrogens with zero attached hydrogens (tertiary/aromatic N) is 2. The van der Waals surface area contributed by atoms with Crippen LogP contribution in [0.5, 0.6) is 17.2 Å². The predicted molar refractivity (Wildman–Crippen MR) is 131 cm³/mol. The molecule has 1 heterocycles. The summed E-state index contributed by atoms with van der Waals surface area (Å²) in [6, 6.07) is 24.5. The molecule has 174 valence electrons. The molecular formula is C28H29N3O3. The van der Waals surface area contributed by atoms with E-state index in [9.17, 15) is 0 Å². The minimum absolute atomic E-state index is 0.153. The molecule has 1 saturated carbocycles. The van der Waals surface area contributed by atoms with Crippen LogP contribution >= 0.6 is 0 Å². The number of aromatic nitrogens is 2. The smallest absolute Gasteiger partial charge is 0.247 e. The van der Waals surface area contributed by atoms with Crippen molar-refractivity contribution in [1.82, 2.24) is 10.2 Å². The minimum atomic E-state index is -0.153. The molecule has 0 spiro atoms. The fourth-order valence-corrected chi connectivity index (χ4v) is 4.17. The van der Waals surface area contributed by atoms with Gasteiger partial charge in [0.2, 0.25) is 11.8 Å². The normalized spacial score (nSPS) is 17.8. The second-order valence-corrected chi connectivity index (χ2v) is 9.40. The molecule has 4 aromatic rings. The van der Waals surface area contributed by atoms with Gasteiger partial charge in [0.05, 0.1) is 0 Å². The second-order valence-electron chi connectivity index (χ2n) is 9.40. The molecule has 0 bridgehead atoms. The highest BCUT2D eigenvalue weighted by Gasteiger charge is 2.28. The van der Waals surface area contributed by atoms with Crippen LogP contribution in [0, 0.1) is 6.92 Å². The van der Waals surface area contributed by atoms with E-state index in [-0.39, 0.29) is 17.6 Å². The Kier molecular flexibility index (Phi) is 5.84. The van der Waals surface area contributed by atoms with Crippen LogP contribution in [0.15, 0.2) is 77.2 Å². The molecule has 0 unspecified atom stereocenters. The number of rotatable bonds is 7. The van der Waals surface area contributed by atoms with Crippen LogP contribution in [0.1, 0.15) is 43.7 Å². The molecule has 34 heavy (non-hydrogen) atoms. The van der Waals surface area contributed by atoms with Crippen LogP contribution in [0.25, 0.3) is 11.5 Å². The lowest BCUT2D eigenvalue weighted by Gasteiger charge is -2.33. The molecule has 5 rings (SSSR count). The third kappa shape index (κ3) is 4.68. The number of nitrogens with two attached hydrogens (primary N) is 1. The monoisotopic (exact) mass is 455 g/mol. The fourth-order valence-electron chi connectivity index (χ4n) is 4.17. The molecule has 1 aliphatic rings. The van der Waals surface area contributed by atoms with Crippen LogP contribution in [0.2, 0.25) is 0 Å². The Hall–Kier alpha value is -3.64. The Labute approximate surface area is 199 Å². The van der Waals surface area contributed by atoms with Crippen molar-refractivity contribution in [1.29, 1.82) is 0 Å². The number of benzene rings is 3. The van der Waals surface area contributed by atoms with Gasteiger partial charge in [-0.05, 0) is 72.5 Å². The van der Waals surface area contributed by atoms with E-state index in [2.05, 4.69) is 60.4 Å². The Bertz CT molecular complexity index is 1240. The van der Waals surface area contributed by atoms with E-state index < -0.39 is 0 Å². The van der Waals surface area contributed by atoms with Crippen LogP contribution < -0.4 is 15.2 Å². The lowest BCUT2D eigenvalue weighted by molar-refractivity contribution is 0.101. The summed E-state index contributed by atoms with van der Waals surface area (Å²) >= 11 is 0. The van der Waals surface area contributed by atoms with Crippen LogP contribution in [-0.2, 0) is 5.41 Å². The Morgan fingerprint density at radius 1 is 0.794 bits per heavy atom. The third-order valence-electron chi connectivity index (χ3n) is 6.45. The van der Waals surface area contributed by atoms with Gasteiger partial charge in [0.25, 0.3) is 0 Å². The molecule has 1 aliphatic carbocycles. The van der Waals surface area contributed by atoms with Crippen LogP contribution in [0.4, 0.5) is 0 Å². The van der Waals surface area contributed by atoms with Gasteiger partial charge in [0, 0.05) is 23.9 Å². The molecule has 0 radical (unpaired) electrons. The van der Waals surface area contributed by atoms with Crippen molar-refractivity contribution in [2.75, 3.05) is 0 Å². The molecule has 6 heteroatoms. The number of hydrogen-bond acceptors (Lipinski definition) is 6. The summed E-state index contributed by atoms with van der Waals surface area (Å²) in [5.41, 5.74) is 9.00. The summed E-state index contributed by atoms with van der Waals surface area (Å²) in [5.74, 6) is 3.47. The molecule has 0 aliphatic heterocycles. The van der Waals surface area contributed by atoms with Crippen molar-refractivity contribution in [3.05, 3.63) is 89.8 Å². The highest BCUT2D eigenvalue weighted by atomic mass is 16.5. The van der Waals surface area contributed by atoms with Crippen LogP contribution in [0.3, 0.4) is 0 Å². The first kappa shape index (κ1) is 22.2. The summed E-state index contributed by atoms with van der Waals surface area (Å²) < 4.78 is 17.5. The highest BCUT2D eigenvalue weighted by molar-refractivity contribution is 5.54. The Morgan fingerprint density at radius 2 is 1.32 bits per heavy atom. The molecule has 0 saturated heterocycles. The van der Waals surface area contributed by atoms with Gasteiger partial charge in [-0.3, -0.25) is 0 Å². The largest absolute Gasteiger partial charge is 0.490 e.